The number of halogens is 1. The summed E-state index contributed by atoms with van der Waals surface area (Å²) in [5, 5.41) is 19.7. The molecule has 2 aromatic carbocycles. The van der Waals surface area contributed by atoms with Gasteiger partial charge in [0.15, 0.2) is 5.17 Å². The highest BCUT2D eigenvalue weighted by molar-refractivity contribution is 8.15. The van der Waals surface area contributed by atoms with Crippen molar-refractivity contribution in [1.82, 2.24) is 5.32 Å². The summed E-state index contributed by atoms with van der Waals surface area (Å²) in [6.07, 6.45) is 1.54. The fraction of sp³-hybridized carbons (Fsp3) is 0.0588. The van der Waals surface area contributed by atoms with Crippen molar-refractivity contribution in [3.63, 3.8) is 0 Å². The van der Waals surface area contributed by atoms with E-state index in [9.17, 15) is 14.0 Å². The Labute approximate surface area is 146 Å². The van der Waals surface area contributed by atoms with Crippen molar-refractivity contribution in [2.45, 2.75) is 0 Å². The van der Waals surface area contributed by atoms with Crippen LogP contribution < -0.4 is 5.32 Å². The van der Waals surface area contributed by atoms with Crippen LogP contribution in [0.2, 0.25) is 0 Å². The smallest absolute Gasteiger partial charge is 0.338 e. The molecule has 0 unspecified atom stereocenters. The zero-order chi connectivity index (χ0) is 17.8. The van der Waals surface area contributed by atoms with Gasteiger partial charge in [0.1, 0.15) is 5.82 Å². The van der Waals surface area contributed by atoms with Gasteiger partial charge in [-0.25, -0.2) is 9.18 Å². The monoisotopic (exact) mass is 357 g/mol. The number of aromatic carboxylic acids is 1. The van der Waals surface area contributed by atoms with Gasteiger partial charge in [0, 0.05) is 0 Å². The molecule has 0 bridgehead atoms. The lowest BCUT2D eigenvalue weighted by Crippen LogP contribution is -2.19. The molecular formula is C17H12FN3O3S. The molecule has 6 nitrogen and oxygen atoms in total. The number of carboxylic acid groups (broad SMARTS) is 1. The van der Waals surface area contributed by atoms with Crippen LogP contribution in [0.25, 0.3) is 11.1 Å². The maximum Gasteiger partial charge on any atom is 0.338 e. The molecule has 2 aromatic rings. The van der Waals surface area contributed by atoms with Gasteiger partial charge in [0.2, 0.25) is 5.91 Å². The molecule has 0 atom stereocenters. The molecule has 0 radical (unpaired) electrons. The Hall–Kier alpha value is -3.00. The number of amides is 1. The van der Waals surface area contributed by atoms with E-state index in [1.807, 2.05) is 0 Å². The molecule has 1 heterocycles. The lowest BCUT2D eigenvalue weighted by Gasteiger charge is -2.04. The number of carboxylic acids is 1. The van der Waals surface area contributed by atoms with Crippen molar-refractivity contribution in [2.24, 2.45) is 10.2 Å². The lowest BCUT2D eigenvalue weighted by molar-refractivity contribution is -0.116. The fourth-order valence-electron chi connectivity index (χ4n) is 2.16. The molecule has 0 spiro atoms. The molecule has 0 aliphatic carbocycles. The lowest BCUT2D eigenvalue weighted by atomic mass is 10.0. The van der Waals surface area contributed by atoms with Crippen molar-refractivity contribution in [3.05, 3.63) is 59.4 Å². The Balaban J connectivity index is 1.73. The second-order valence-corrected chi connectivity index (χ2v) is 6.07. The first-order valence-corrected chi connectivity index (χ1v) is 8.18. The van der Waals surface area contributed by atoms with Crippen LogP contribution in [-0.2, 0) is 4.79 Å². The molecule has 126 valence electrons. The maximum atomic E-state index is 13.8. The third-order valence-electron chi connectivity index (χ3n) is 3.39. The molecule has 1 amide bonds. The predicted molar refractivity (Wildman–Crippen MR) is 94.4 cm³/mol. The second kappa shape index (κ2) is 7.27. The van der Waals surface area contributed by atoms with Crippen LogP contribution in [0, 0.1) is 5.82 Å². The summed E-state index contributed by atoms with van der Waals surface area (Å²) in [5.41, 5.74) is 1.75. The van der Waals surface area contributed by atoms with Gasteiger partial charge in [0.25, 0.3) is 0 Å². The Kier molecular flexibility index (Phi) is 4.90. The van der Waals surface area contributed by atoms with E-state index in [1.165, 1.54) is 30.1 Å². The number of carbonyl (C=O) groups excluding carboxylic acids is 1. The number of hydrogen-bond acceptors (Lipinski definition) is 5. The molecule has 8 heteroatoms. The first-order chi connectivity index (χ1) is 12.0. The molecule has 25 heavy (non-hydrogen) atoms. The molecule has 0 saturated carbocycles. The molecule has 3 rings (SSSR count). The summed E-state index contributed by atoms with van der Waals surface area (Å²) in [6, 6.07) is 11.1. The van der Waals surface area contributed by atoms with Gasteiger partial charge in [-0.2, -0.15) is 5.10 Å². The van der Waals surface area contributed by atoms with E-state index in [0.717, 1.165) is 11.1 Å². The van der Waals surface area contributed by atoms with Crippen LogP contribution in [0.4, 0.5) is 4.39 Å². The third-order valence-corrected chi connectivity index (χ3v) is 4.25. The summed E-state index contributed by atoms with van der Waals surface area (Å²) in [7, 11) is 0. The van der Waals surface area contributed by atoms with E-state index in [1.54, 1.807) is 30.3 Å². The van der Waals surface area contributed by atoms with Crippen molar-refractivity contribution in [1.29, 1.82) is 0 Å². The third kappa shape index (κ3) is 4.10. The summed E-state index contributed by atoms with van der Waals surface area (Å²) in [6.45, 7) is 0. The maximum absolute atomic E-state index is 13.8. The Morgan fingerprint density at radius 2 is 1.92 bits per heavy atom. The number of benzene rings is 2. The van der Waals surface area contributed by atoms with Gasteiger partial charge in [-0.15, -0.1) is 5.10 Å². The number of hydrogen-bond donors (Lipinski definition) is 2. The number of thioether (sulfide) groups is 1. The van der Waals surface area contributed by atoms with Gasteiger partial charge < -0.3 is 10.4 Å². The van der Waals surface area contributed by atoms with E-state index >= 15 is 0 Å². The van der Waals surface area contributed by atoms with E-state index in [-0.39, 0.29) is 11.5 Å². The van der Waals surface area contributed by atoms with Crippen LogP contribution in [0.15, 0.2) is 52.7 Å². The minimum Gasteiger partial charge on any atom is -0.478 e. The predicted octanol–water partition coefficient (Wildman–Crippen LogP) is 2.74. The zero-order valence-electron chi connectivity index (χ0n) is 12.8. The highest BCUT2D eigenvalue weighted by atomic mass is 32.2. The minimum atomic E-state index is -1.30. The Bertz CT molecular complexity index is 895. The average molecular weight is 357 g/mol. The molecule has 0 aromatic heterocycles. The van der Waals surface area contributed by atoms with Gasteiger partial charge in [0.05, 0.1) is 17.5 Å². The second-order valence-electron chi connectivity index (χ2n) is 5.11. The fourth-order valence-corrected chi connectivity index (χ4v) is 2.79. The molecule has 1 fully saturated rings. The molecule has 1 aliphatic heterocycles. The molecular weight excluding hydrogens is 345 g/mol. The van der Waals surface area contributed by atoms with Gasteiger partial charge in [-0.3, -0.25) is 4.79 Å². The van der Waals surface area contributed by atoms with Gasteiger partial charge in [-0.1, -0.05) is 42.1 Å². The van der Waals surface area contributed by atoms with Crippen LogP contribution in [-0.4, -0.2) is 34.1 Å². The van der Waals surface area contributed by atoms with Crippen molar-refractivity contribution >= 4 is 35.0 Å². The van der Waals surface area contributed by atoms with Crippen molar-refractivity contribution in [2.75, 3.05) is 5.75 Å². The summed E-state index contributed by atoms with van der Waals surface area (Å²) >= 11 is 1.29. The zero-order valence-corrected chi connectivity index (χ0v) is 13.6. The van der Waals surface area contributed by atoms with Crippen molar-refractivity contribution in [3.8, 4) is 11.1 Å². The minimum absolute atomic E-state index is 0.0931. The highest BCUT2D eigenvalue weighted by Gasteiger charge is 2.16. The number of nitrogens with one attached hydrogen (secondary N) is 1. The van der Waals surface area contributed by atoms with E-state index in [0.29, 0.717) is 16.5 Å². The first kappa shape index (κ1) is 16.8. The molecule has 1 saturated heterocycles. The number of nitrogens with zero attached hydrogens (tertiary/aromatic N) is 2. The van der Waals surface area contributed by atoms with E-state index < -0.39 is 11.8 Å². The van der Waals surface area contributed by atoms with Gasteiger partial charge in [-0.05, 0) is 28.8 Å². The van der Waals surface area contributed by atoms with E-state index in [2.05, 4.69) is 15.5 Å². The van der Waals surface area contributed by atoms with Gasteiger partial charge >= 0.3 is 5.97 Å². The number of rotatable bonds is 4. The number of amidine groups is 1. The summed E-state index contributed by atoms with van der Waals surface area (Å²) in [5.74, 6) is -1.82. The largest absolute Gasteiger partial charge is 0.478 e. The van der Waals surface area contributed by atoms with Crippen LogP contribution >= 0.6 is 11.8 Å². The highest BCUT2D eigenvalue weighted by Crippen LogP contribution is 2.22. The summed E-state index contributed by atoms with van der Waals surface area (Å²) < 4.78 is 13.8. The molecule has 1 aliphatic rings. The Morgan fingerprint density at radius 1 is 1.20 bits per heavy atom. The summed E-state index contributed by atoms with van der Waals surface area (Å²) in [4.78, 5) is 21.9. The standard InChI is InChI=1S/C17H12FN3O3S/c18-14-7-12(5-6-13(14)16(23)24)11-3-1-10(2-4-11)8-19-21-17-20-15(22)9-25-17/h1-8H,9H2,(H,23,24)(H,20,21,22). The van der Waals surface area contributed by atoms with Crippen LogP contribution in [0.1, 0.15) is 15.9 Å². The van der Waals surface area contributed by atoms with Crippen LogP contribution in [0.5, 0.6) is 0 Å². The number of carbonyl (C=O) groups is 2. The average Bonchev–Trinajstić information content (AvgIpc) is 3.00. The topological polar surface area (TPSA) is 91.1 Å². The quantitative estimate of drug-likeness (QED) is 0.650. The molecule has 2 N–H and O–H groups in total. The van der Waals surface area contributed by atoms with Crippen LogP contribution in [0.3, 0.4) is 0 Å². The Morgan fingerprint density at radius 3 is 2.52 bits per heavy atom. The first-order valence-electron chi connectivity index (χ1n) is 7.20. The van der Waals surface area contributed by atoms with E-state index in [4.69, 9.17) is 5.11 Å². The normalized spacial score (nSPS) is 15.7. The van der Waals surface area contributed by atoms with Crippen molar-refractivity contribution < 1.29 is 19.1 Å². The SMILES string of the molecule is O=C1CSC(=NN=Cc2ccc(-c3ccc(C(=O)O)c(F)c3)cc2)N1.